The normalized spacial score (nSPS) is 10.3. The van der Waals surface area contributed by atoms with Crippen LogP contribution >= 0.6 is 0 Å². The van der Waals surface area contributed by atoms with E-state index in [2.05, 4.69) is 20.5 Å². The first-order chi connectivity index (χ1) is 13.2. The second kappa shape index (κ2) is 8.70. The minimum Gasteiger partial charge on any atom is -0.497 e. The van der Waals surface area contributed by atoms with Gasteiger partial charge in [-0.3, -0.25) is 9.78 Å². The largest absolute Gasteiger partial charge is 0.497 e. The SMILES string of the molecule is COc1ccc(OCCNc2nnc(-c3ccc(OC)cc3)c(=O)[nH]2)cc1. The van der Waals surface area contributed by atoms with Gasteiger partial charge in [0.1, 0.15) is 23.9 Å². The summed E-state index contributed by atoms with van der Waals surface area (Å²) in [5.41, 5.74) is 0.588. The van der Waals surface area contributed by atoms with Crippen LogP contribution in [-0.2, 0) is 0 Å². The molecule has 0 unspecified atom stereocenters. The number of anilines is 1. The molecule has 0 fully saturated rings. The topological polar surface area (TPSA) is 98.4 Å². The van der Waals surface area contributed by atoms with Crippen molar-refractivity contribution >= 4 is 5.95 Å². The highest BCUT2D eigenvalue weighted by molar-refractivity contribution is 5.58. The fourth-order valence-corrected chi connectivity index (χ4v) is 2.36. The summed E-state index contributed by atoms with van der Waals surface area (Å²) in [5.74, 6) is 2.49. The average Bonchev–Trinajstić information content (AvgIpc) is 2.72. The maximum atomic E-state index is 12.2. The smallest absolute Gasteiger partial charge is 0.279 e. The Kier molecular flexibility index (Phi) is 5.88. The fourth-order valence-electron chi connectivity index (χ4n) is 2.36. The molecule has 1 aromatic heterocycles. The quantitative estimate of drug-likeness (QED) is 0.589. The lowest BCUT2D eigenvalue weighted by Crippen LogP contribution is -2.19. The van der Waals surface area contributed by atoms with Gasteiger partial charge in [-0.1, -0.05) is 0 Å². The lowest BCUT2D eigenvalue weighted by atomic mass is 10.1. The van der Waals surface area contributed by atoms with Crippen molar-refractivity contribution in [2.45, 2.75) is 0 Å². The molecule has 0 aliphatic rings. The molecule has 0 bridgehead atoms. The first-order valence-corrected chi connectivity index (χ1v) is 8.32. The standard InChI is InChI=1S/C19H20N4O4/c1-25-14-5-3-13(4-6-14)17-18(24)21-19(23-22-17)20-11-12-27-16-9-7-15(26-2)8-10-16/h3-10H,11-12H2,1-2H3,(H2,20,21,23,24). The second-order valence-electron chi connectivity index (χ2n) is 5.53. The number of aromatic amines is 1. The minimum atomic E-state index is -0.325. The maximum absolute atomic E-state index is 12.2. The third-order valence-electron chi connectivity index (χ3n) is 3.78. The number of aromatic nitrogens is 3. The summed E-state index contributed by atoms with van der Waals surface area (Å²) in [6.07, 6.45) is 0. The number of rotatable bonds is 8. The number of ether oxygens (including phenoxy) is 3. The molecule has 140 valence electrons. The highest BCUT2D eigenvalue weighted by Crippen LogP contribution is 2.18. The molecule has 0 radical (unpaired) electrons. The van der Waals surface area contributed by atoms with Crippen LogP contribution in [0.25, 0.3) is 11.3 Å². The van der Waals surface area contributed by atoms with E-state index in [1.54, 1.807) is 38.5 Å². The molecule has 27 heavy (non-hydrogen) atoms. The Bertz CT molecular complexity index is 924. The second-order valence-corrected chi connectivity index (χ2v) is 5.53. The van der Waals surface area contributed by atoms with Gasteiger partial charge in [0.05, 0.1) is 20.8 Å². The van der Waals surface area contributed by atoms with Crippen LogP contribution in [0.3, 0.4) is 0 Å². The van der Waals surface area contributed by atoms with E-state index in [4.69, 9.17) is 14.2 Å². The van der Waals surface area contributed by atoms with E-state index in [9.17, 15) is 4.79 Å². The fraction of sp³-hybridized carbons (Fsp3) is 0.211. The van der Waals surface area contributed by atoms with Crippen LogP contribution in [0, 0.1) is 0 Å². The third kappa shape index (κ3) is 4.75. The average molecular weight is 368 g/mol. The number of H-pyrrole nitrogens is 1. The molecule has 0 aliphatic carbocycles. The molecule has 3 rings (SSSR count). The molecule has 0 saturated carbocycles. The molecule has 0 atom stereocenters. The van der Waals surface area contributed by atoms with Crippen LogP contribution in [0.1, 0.15) is 0 Å². The van der Waals surface area contributed by atoms with Gasteiger partial charge in [-0.2, -0.15) is 0 Å². The highest BCUT2D eigenvalue weighted by atomic mass is 16.5. The zero-order valence-corrected chi connectivity index (χ0v) is 15.1. The molecular weight excluding hydrogens is 348 g/mol. The maximum Gasteiger partial charge on any atom is 0.279 e. The monoisotopic (exact) mass is 368 g/mol. The molecule has 2 aromatic carbocycles. The summed E-state index contributed by atoms with van der Waals surface area (Å²) in [7, 11) is 3.20. The zero-order chi connectivity index (χ0) is 19.1. The van der Waals surface area contributed by atoms with Crippen LogP contribution in [0.15, 0.2) is 53.3 Å². The molecule has 2 N–H and O–H groups in total. The van der Waals surface area contributed by atoms with E-state index in [1.165, 1.54) is 0 Å². The Hall–Kier alpha value is -3.55. The van der Waals surface area contributed by atoms with Gasteiger partial charge < -0.3 is 19.5 Å². The van der Waals surface area contributed by atoms with Crippen LogP contribution in [0.4, 0.5) is 5.95 Å². The summed E-state index contributed by atoms with van der Waals surface area (Å²) in [6, 6.07) is 14.3. The van der Waals surface area contributed by atoms with Crippen molar-refractivity contribution in [3.05, 3.63) is 58.9 Å². The van der Waals surface area contributed by atoms with E-state index in [0.717, 1.165) is 11.5 Å². The van der Waals surface area contributed by atoms with Gasteiger partial charge in [-0.25, -0.2) is 0 Å². The van der Waals surface area contributed by atoms with Crippen molar-refractivity contribution in [1.29, 1.82) is 0 Å². The third-order valence-corrected chi connectivity index (χ3v) is 3.78. The van der Waals surface area contributed by atoms with Crippen molar-refractivity contribution in [2.24, 2.45) is 0 Å². The molecule has 0 amide bonds. The van der Waals surface area contributed by atoms with E-state index in [1.807, 2.05) is 24.3 Å². The summed E-state index contributed by atoms with van der Waals surface area (Å²) in [4.78, 5) is 14.9. The molecule has 8 nitrogen and oxygen atoms in total. The lowest BCUT2D eigenvalue weighted by Gasteiger charge is -2.08. The zero-order valence-electron chi connectivity index (χ0n) is 15.1. The predicted octanol–water partition coefficient (Wildman–Crippen LogP) is 2.34. The van der Waals surface area contributed by atoms with Crippen molar-refractivity contribution in [1.82, 2.24) is 15.2 Å². The molecule has 0 spiro atoms. The van der Waals surface area contributed by atoms with E-state index in [-0.39, 0.29) is 17.2 Å². The van der Waals surface area contributed by atoms with Crippen molar-refractivity contribution < 1.29 is 14.2 Å². The van der Waals surface area contributed by atoms with Crippen molar-refractivity contribution in [2.75, 3.05) is 32.7 Å². The van der Waals surface area contributed by atoms with Gasteiger partial charge in [0.15, 0.2) is 5.69 Å². The molecule has 0 aliphatic heterocycles. The molecule has 1 heterocycles. The summed E-state index contributed by atoms with van der Waals surface area (Å²) >= 11 is 0. The van der Waals surface area contributed by atoms with Crippen LogP contribution in [0.5, 0.6) is 17.2 Å². The molecule has 8 heteroatoms. The Morgan fingerprint density at radius 2 is 1.48 bits per heavy atom. The lowest BCUT2D eigenvalue weighted by molar-refractivity contribution is 0.331. The van der Waals surface area contributed by atoms with Crippen molar-refractivity contribution in [3.8, 4) is 28.5 Å². The van der Waals surface area contributed by atoms with E-state index < -0.39 is 0 Å². The summed E-state index contributed by atoms with van der Waals surface area (Å²) in [5, 5.41) is 11.0. The highest BCUT2D eigenvalue weighted by Gasteiger charge is 2.07. The molecular formula is C19H20N4O4. The number of nitrogens with one attached hydrogen (secondary N) is 2. The Labute approximate surface area is 156 Å². The van der Waals surface area contributed by atoms with E-state index >= 15 is 0 Å². The van der Waals surface area contributed by atoms with Gasteiger partial charge in [0, 0.05) is 5.56 Å². The number of benzene rings is 2. The van der Waals surface area contributed by atoms with E-state index in [0.29, 0.717) is 24.5 Å². The Balaban J connectivity index is 1.54. The van der Waals surface area contributed by atoms with Gasteiger partial charge in [0.2, 0.25) is 5.95 Å². The molecule has 3 aromatic rings. The summed E-state index contributed by atoms with van der Waals surface area (Å²) in [6.45, 7) is 0.856. The van der Waals surface area contributed by atoms with Crippen LogP contribution in [0.2, 0.25) is 0 Å². The predicted molar refractivity (Wildman–Crippen MR) is 102 cm³/mol. The number of nitrogens with zero attached hydrogens (tertiary/aromatic N) is 2. The number of hydrogen-bond donors (Lipinski definition) is 2. The van der Waals surface area contributed by atoms with Crippen LogP contribution < -0.4 is 25.1 Å². The van der Waals surface area contributed by atoms with Crippen molar-refractivity contribution in [3.63, 3.8) is 0 Å². The van der Waals surface area contributed by atoms with Crippen LogP contribution in [-0.4, -0.2) is 42.6 Å². The first-order valence-electron chi connectivity index (χ1n) is 8.32. The Morgan fingerprint density at radius 3 is 2.07 bits per heavy atom. The Morgan fingerprint density at radius 1 is 0.889 bits per heavy atom. The van der Waals surface area contributed by atoms with Gasteiger partial charge >= 0.3 is 0 Å². The minimum absolute atomic E-state index is 0.248. The molecule has 0 saturated heterocycles. The van der Waals surface area contributed by atoms with Gasteiger partial charge in [0.25, 0.3) is 5.56 Å². The number of hydrogen-bond acceptors (Lipinski definition) is 7. The van der Waals surface area contributed by atoms with Gasteiger partial charge in [-0.15, -0.1) is 10.2 Å². The summed E-state index contributed by atoms with van der Waals surface area (Å²) < 4.78 is 15.8. The first kappa shape index (κ1) is 18.2. The number of methoxy groups -OCH3 is 2. The van der Waals surface area contributed by atoms with Gasteiger partial charge in [-0.05, 0) is 48.5 Å².